The van der Waals surface area contributed by atoms with Crippen molar-refractivity contribution in [1.82, 2.24) is 5.32 Å². The van der Waals surface area contributed by atoms with Gasteiger partial charge in [0, 0.05) is 18.7 Å². The third kappa shape index (κ3) is 4.69. The van der Waals surface area contributed by atoms with E-state index in [0.29, 0.717) is 25.3 Å². The van der Waals surface area contributed by atoms with Crippen LogP contribution in [-0.4, -0.2) is 30.8 Å². The van der Waals surface area contributed by atoms with E-state index in [9.17, 15) is 9.90 Å². The molecule has 1 atom stereocenters. The van der Waals surface area contributed by atoms with Gasteiger partial charge < -0.3 is 15.2 Å². The number of nitrogens with one attached hydrogen (secondary N) is 1. The molecule has 0 aromatic heterocycles. The van der Waals surface area contributed by atoms with Crippen molar-refractivity contribution in [2.24, 2.45) is 0 Å². The largest absolute Gasteiger partial charge is 0.463 e. The Labute approximate surface area is 107 Å². The number of hydrogen-bond acceptors (Lipinski definition) is 4. The van der Waals surface area contributed by atoms with Gasteiger partial charge in [-0.25, -0.2) is 4.79 Å². The van der Waals surface area contributed by atoms with Crippen LogP contribution in [0.25, 0.3) is 0 Å². The number of hydrogen-bond donors (Lipinski definition) is 2. The molecule has 18 heavy (non-hydrogen) atoms. The first-order valence-corrected chi connectivity index (χ1v) is 5.93. The van der Waals surface area contributed by atoms with E-state index in [0.717, 1.165) is 5.56 Å². The maximum atomic E-state index is 11.3. The predicted molar refractivity (Wildman–Crippen MR) is 70.0 cm³/mol. The molecule has 0 radical (unpaired) electrons. The molecule has 1 aromatic rings. The number of carbonyl (C=O) groups excluding carboxylic acids is 1. The molecule has 0 aliphatic heterocycles. The van der Waals surface area contributed by atoms with Crippen molar-refractivity contribution in [3.63, 3.8) is 0 Å². The van der Waals surface area contributed by atoms with Crippen LogP contribution in [0.3, 0.4) is 0 Å². The second kappa shape index (κ2) is 7.63. The van der Waals surface area contributed by atoms with Gasteiger partial charge >= 0.3 is 5.97 Å². The van der Waals surface area contributed by atoms with Gasteiger partial charge in [0.1, 0.15) is 0 Å². The first kappa shape index (κ1) is 14.4. The SMILES string of the molecule is C=C(CNCC(O)c1ccccc1)C(=O)OCC. The second-order valence-corrected chi connectivity index (χ2v) is 3.88. The van der Waals surface area contributed by atoms with Crippen LogP contribution in [0.1, 0.15) is 18.6 Å². The van der Waals surface area contributed by atoms with E-state index >= 15 is 0 Å². The molecule has 0 heterocycles. The molecule has 4 heteroatoms. The maximum Gasteiger partial charge on any atom is 0.334 e. The van der Waals surface area contributed by atoms with Crippen molar-refractivity contribution in [3.05, 3.63) is 48.0 Å². The van der Waals surface area contributed by atoms with Crippen LogP contribution >= 0.6 is 0 Å². The van der Waals surface area contributed by atoms with E-state index in [-0.39, 0.29) is 0 Å². The Kier molecular flexibility index (Phi) is 6.11. The van der Waals surface area contributed by atoms with E-state index in [1.807, 2.05) is 30.3 Å². The number of carbonyl (C=O) groups is 1. The number of ether oxygens (including phenoxy) is 1. The minimum atomic E-state index is -0.596. The summed E-state index contributed by atoms with van der Waals surface area (Å²) >= 11 is 0. The van der Waals surface area contributed by atoms with Crippen molar-refractivity contribution in [2.45, 2.75) is 13.0 Å². The number of rotatable bonds is 7. The standard InChI is InChI=1S/C14H19NO3/c1-3-18-14(17)11(2)9-15-10-13(16)12-7-5-4-6-8-12/h4-8,13,15-16H,2-3,9-10H2,1H3. The molecular formula is C14H19NO3. The zero-order valence-electron chi connectivity index (χ0n) is 10.6. The van der Waals surface area contributed by atoms with E-state index in [4.69, 9.17) is 4.74 Å². The Bertz CT molecular complexity index is 389. The van der Waals surface area contributed by atoms with E-state index in [1.165, 1.54) is 0 Å². The molecule has 0 fully saturated rings. The first-order chi connectivity index (χ1) is 8.65. The number of aliphatic hydroxyl groups excluding tert-OH is 1. The van der Waals surface area contributed by atoms with Crippen LogP contribution in [0, 0.1) is 0 Å². The molecule has 1 rings (SSSR count). The number of aliphatic hydroxyl groups is 1. The average Bonchev–Trinajstić information content (AvgIpc) is 2.39. The molecule has 98 valence electrons. The molecular weight excluding hydrogens is 230 g/mol. The molecule has 0 spiro atoms. The highest BCUT2D eigenvalue weighted by Crippen LogP contribution is 2.10. The minimum Gasteiger partial charge on any atom is -0.463 e. The van der Waals surface area contributed by atoms with Crippen molar-refractivity contribution < 1.29 is 14.6 Å². The van der Waals surface area contributed by atoms with Crippen LogP contribution < -0.4 is 5.32 Å². The van der Waals surface area contributed by atoms with E-state index in [2.05, 4.69) is 11.9 Å². The zero-order valence-corrected chi connectivity index (χ0v) is 10.6. The molecule has 1 aromatic carbocycles. The lowest BCUT2D eigenvalue weighted by molar-refractivity contribution is -0.138. The highest BCUT2D eigenvalue weighted by molar-refractivity contribution is 5.88. The van der Waals surface area contributed by atoms with Crippen LogP contribution in [0.2, 0.25) is 0 Å². The fourth-order valence-electron chi connectivity index (χ4n) is 1.46. The Morgan fingerprint density at radius 3 is 2.72 bits per heavy atom. The summed E-state index contributed by atoms with van der Waals surface area (Å²) in [7, 11) is 0. The molecule has 0 aliphatic carbocycles. The van der Waals surface area contributed by atoms with Crippen LogP contribution in [-0.2, 0) is 9.53 Å². The van der Waals surface area contributed by atoms with Gasteiger partial charge in [-0.1, -0.05) is 36.9 Å². The third-order valence-corrected chi connectivity index (χ3v) is 2.42. The third-order valence-electron chi connectivity index (χ3n) is 2.42. The summed E-state index contributed by atoms with van der Waals surface area (Å²) in [5.74, 6) is -0.404. The monoisotopic (exact) mass is 249 g/mol. The molecule has 0 saturated heterocycles. The van der Waals surface area contributed by atoms with Crippen molar-refractivity contribution in [3.8, 4) is 0 Å². The average molecular weight is 249 g/mol. The smallest absolute Gasteiger partial charge is 0.334 e. The molecule has 0 amide bonds. The lowest BCUT2D eigenvalue weighted by atomic mass is 10.1. The van der Waals surface area contributed by atoms with Gasteiger partial charge in [0.05, 0.1) is 12.7 Å². The maximum absolute atomic E-state index is 11.3. The number of benzene rings is 1. The Morgan fingerprint density at radius 2 is 2.11 bits per heavy atom. The van der Waals surface area contributed by atoms with E-state index in [1.54, 1.807) is 6.92 Å². The Hall–Kier alpha value is -1.65. The summed E-state index contributed by atoms with van der Waals surface area (Å²) in [5, 5.41) is 12.8. The fraction of sp³-hybridized carbons (Fsp3) is 0.357. The highest BCUT2D eigenvalue weighted by atomic mass is 16.5. The molecule has 2 N–H and O–H groups in total. The van der Waals surface area contributed by atoms with Crippen LogP contribution in [0.5, 0.6) is 0 Å². The van der Waals surface area contributed by atoms with Gasteiger partial charge in [0.2, 0.25) is 0 Å². The molecule has 4 nitrogen and oxygen atoms in total. The van der Waals surface area contributed by atoms with Gasteiger partial charge in [-0.3, -0.25) is 0 Å². The highest BCUT2D eigenvalue weighted by Gasteiger charge is 2.09. The Balaban J connectivity index is 2.30. The van der Waals surface area contributed by atoms with E-state index < -0.39 is 12.1 Å². The summed E-state index contributed by atoms with van der Waals surface area (Å²) in [6, 6.07) is 9.34. The molecule has 1 unspecified atom stereocenters. The predicted octanol–water partition coefficient (Wildman–Crippen LogP) is 1.43. The molecule has 0 saturated carbocycles. The van der Waals surface area contributed by atoms with Crippen molar-refractivity contribution in [2.75, 3.05) is 19.7 Å². The summed E-state index contributed by atoms with van der Waals surface area (Å²) in [4.78, 5) is 11.3. The van der Waals surface area contributed by atoms with Gasteiger partial charge in [0.25, 0.3) is 0 Å². The van der Waals surface area contributed by atoms with Crippen LogP contribution in [0.4, 0.5) is 0 Å². The normalized spacial score (nSPS) is 11.9. The van der Waals surface area contributed by atoms with Gasteiger partial charge in [-0.15, -0.1) is 0 Å². The van der Waals surface area contributed by atoms with Crippen molar-refractivity contribution >= 4 is 5.97 Å². The zero-order chi connectivity index (χ0) is 13.4. The summed E-state index contributed by atoms with van der Waals surface area (Å²) in [6.45, 7) is 6.38. The van der Waals surface area contributed by atoms with Crippen LogP contribution in [0.15, 0.2) is 42.5 Å². The lowest BCUT2D eigenvalue weighted by Gasteiger charge is -2.12. The van der Waals surface area contributed by atoms with Gasteiger partial charge in [-0.2, -0.15) is 0 Å². The fourth-order valence-corrected chi connectivity index (χ4v) is 1.46. The first-order valence-electron chi connectivity index (χ1n) is 5.93. The molecule has 0 bridgehead atoms. The van der Waals surface area contributed by atoms with Crippen molar-refractivity contribution in [1.29, 1.82) is 0 Å². The topological polar surface area (TPSA) is 58.6 Å². The second-order valence-electron chi connectivity index (χ2n) is 3.88. The van der Waals surface area contributed by atoms with Gasteiger partial charge in [0.15, 0.2) is 0 Å². The van der Waals surface area contributed by atoms with Gasteiger partial charge in [-0.05, 0) is 12.5 Å². The summed E-state index contributed by atoms with van der Waals surface area (Å²) in [6.07, 6.45) is -0.596. The lowest BCUT2D eigenvalue weighted by Crippen LogP contribution is -2.26. The summed E-state index contributed by atoms with van der Waals surface area (Å²) in [5.41, 5.74) is 1.20. The Morgan fingerprint density at radius 1 is 1.44 bits per heavy atom. The molecule has 0 aliphatic rings. The quantitative estimate of drug-likeness (QED) is 0.567. The number of esters is 1. The summed E-state index contributed by atoms with van der Waals surface area (Å²) < 4.78 is 4.80. The minimum absolute atomic E-state index is 0.308.